The van der Waals surface area contributed by atoms with Gasteiger partial charge in [-0.1, -0.05) is 88.4 Å². The van der Waals surface area contributed by atoms with E-state index in [1.165, 1.54) is 11.2 Å². The summed E-state index contributed by atoms with van der Waals surface area (Å²) in [6, 6.07) is 11.5. The summed E-state index contributed by atoms with van der Waals surface area (Å²) in [6.07, 6.45) is 6.39. The van der Waals surface area contributed by atoms with Gasteiger partial charge in [0.1, 0.15) is 0 Å². The Morgan fingerprint density at radius 1 is 0.671 bits per heavy atom. The number of benzene rings is 2. The van der Waals surface area contributed by atoms with E-state index in [1.807, 2.05) is 60.7 Å². The zero-order chi connectivity index (χ0) is 57.1. The third-order valence-corrected chi connectivity index (χ3v) is 12.4. The number of amides is 6. The van der Waals surface area contributed by atoms with Crippen molar-refractivity contribution < 1.29 is 69.4 Å². The van der Waals surface area contributed by atoms with Crippen LogP contribution < -0.4 is 59.7 Å². The fourth-order valence-electron chi connectivity index (χ4n) is 7.74. The molecule has 0 unspecified atom stereocenters. The molecule has 1 aliphatic rings. The van der Waals surface area contributed by atoms with Gasteiger partial charge in [0.05, 0.1) is 54.7 Å². The number of nitrogens with one attached hydrogen (secondary N) is 6. The minimum absolute atomic E-state index is 0.0880. The second-order valence-corrected chi connectivity index (χ2v) is 19.8. The number of carbonyl (C=O) groups is 9. The van der Waals surface area contributed by atoms with Crippen LogP contribution in [0.3, 0.4) is 0 Å². The van der Waals surface area contributed by atoms with E-state index in [1.54, 1.807) is 47.7 Å². The molecule has 4 rings (SSSR count). The summed E-state index contributed by atoms with van der Waals surface area (Å²) < 4.78 is -0.592. The van der Waals surface area contributed by atoms with Gasteiger partial charge in [-0.15, -0.1) is 0 Å². The van der Waals surface area contributed by atoms with Crippen LogP contribution in [0.4, 0.5) is 0 Å². The number of H-pyrrole nitrogens is 1. The number of likely N-dealkylation sites (tertiary alicyclic amines) is 1. The van der Waals surface area contributed by atoms with E-state index in [-0.39, 0.29) is 30.7 Å². The second kappa shape index (κ2) is 34.2. The number of hydrogen-bond donors (Lipinski definition) is 10. The third kappa shape index (κ3) is 23.1. The Kier molecular flexibility index (Phi) is 29.5. The first-order valence-electron chi connectivity index (χ1n) is 25.3. The van der Waals surface area contributed by atoms with Crippen LogP contribution in [-0.4, -0.2) is 135 Å². The van der Waals surface area contributed by atoms with Crippen LogP contribution >= 0.6 is 0 Å². The molecular formula is C52H77CuN12O11. The van der Waals surface area contributed by atoms with Crippen molar-refractivity contribution in [1.82, 2.24) is 41.5 Å². The molecule has 2 heterocycles. The van der Waals surface area contributed by atoms with Crippen molar-refractivity contribution >= 4 is 52.1 Å². The van der Waals surface area contributed by atoms with Crippen molar-refractivity contribution in [2.24, 2.45) is 40.7 Å². The molecule has 0 bridgehead atoms. The quantitative estimate of drug-likeness (QED) is 0.0271. The number of carboxylic acid groups (broad SMARTS) is 2. The molecule has 1 fully saturated rings. The van der Waals surface area contributed by atoms with Gasteiger partial charge in [0.2, 0.25) is 17.7 Å². The van der Waals surface area contributed by atoms with E-state index in [0.29, 0.717) is 63.7 Å². The molecule has 2 aromatic carbocycles. The molecule has 0 spiro atoms. The molecule has 6 amide bonds. The summed E-state index contributed by atoms with van der Waals surface area (Å²) in [5, 5.41) is 34.6. The SMILES string of the molecule is CC(C)[C@H](NC(=O)[C@@H](N)Cc1ccccc1)C(=O)[O-].CC(C)[C@H](NC(=O)[C@@H](N)Cc1ccccc1)C(=O)[O-].CC(C)[C@H](NC(=O)[C@@H]1CCCN1C(=O)[C@H](CCCCN)NC(=O)[C@H](Cc1c[nH]cn1)NC(=O)CN)[C](=O)[Cu+2]. The van der Waals surface area contributed by atoms with E-state index < -0.39 is 100 Å². The molecule has 14 N–H and O–H groups in total. The number of rotatable bonds is 27. The van der Waals surface area contributed by atoms with Gasteiger partial charge in [0.25, 0.3) is 0 Å². The fraction of sp³-hybridized carbons (Fsp3) is 0.538. The van der Waals surface area contributed by atoms with E-state index in [9.17, 15) is 53.4 Å². The van der Waals surface area contributed by atoms with Gasteiger partial charge in [-0.25, -0.2) is 4.98 Å². The number of nitrogens with zero attached hydrogens (tertiary/aromatic N) is 2. The molecular weight excluding hydrogens is 1030 g/mol. The molecule has 76 heavy (non-hydrogen) atoms. The summed E-state index contributed by atoms with van der Waals surface area (Å²) in [5.41, 5.74) is 25.0. The fourth-order valence-corrected chi connectivity index (χ4v) is 8.12. The molecule has 1 saturated heterocycles. The molecule has 0 radical (unpaired) electrons. The number of aromatic amines is 1. The predicted molar refractivity (Wildman–Crippen MR) is 274 cm³/mol. The standard InChI is InChI=1S/C24H39N8O5.2C14H20N2O3.Cu/c1-15(2)19(13-33)31-23(36)20-7-5-9-32(20)24(37)17(6-3-4-8-25)30-22(35)18(29-21(34)11-26)10-16-12-27-14-28-16;2*1-9(2)12(14(18)19)16-13(17)11(15)8-10-6-4-3-5-7-10;/h12,14-15,17-20H,3-11,25-26H2,1-2H3,(H,27,28)(H,29,34)(H,30,35)(H,31,36);2*3-7,9,11-12H,8,15H2,1-2H3,(H,16,17)(H,18,19);/q;;;+2/p-2/t17-,18-,19+,20-;2*11-,12-;/m000./s1. The Morgan fingerprint density at radius 3 is 1.58 bits per heavy atom. The van der Waals surface area contributed by atoms with Crippen molar-refractivity contribution in [2.75, 3.05) is 19.6 Å². The molecule has 0 saturated carbocycles. The van der Waals surface area contributed by atoms with E-state index in [2.05, 4.69) is 36.6 Å². The number of nitrogens with two attached hydrogens (primary N) is 4. The van der Waals surface area contributed by atoms with Crippen molar-refractivity contribution in [2.45, 2.75) is 141 Å². The minimum atomic E-state index is -1.30. The number of unbranched alkanes of at least 4 members (excludes halogenated alkanes) is 1. The average molecular weight is 1110 g/mol. The summed E-state index contributed by atoms with van der Waals surface area (Å²) in [4.78, 5) is 118. The first kappa shape index (κ1) is 65.6. The van der Waals surface area contributed by atoms with Gasteiger partial charge in [0.15, 0.2) is 0 Å². The van der Waals surface area contributed by atoms with Crippen LogP contribution in [0.15, 0.2) is 73.2 Å². The van der Waals surface area contributed by atoms with Crippen LogP contribution in [0.5, 0.6) is 0 Å². The van der Waals surface area contributed by atoms with Crippen molar-refractivity contribution in [3.63, 3.8) is 0 Å². The molecule has 1 aromatic heterocycles. The zero-order valence-corrected chi connectivity index (χ0v) is 45.0. The number of carbonyl (C=O) groups excluding carboxylic acids is 9. The monoisotopic (exact) mass is 1110 g/mol. The third-order valence-electron chi connectivity index (χ3n) is 12.1. The topological polar surface area (TPSA) is 396 Å². The van der Waals surface area contributed by atoms with Gasteiger partial charge in [-0.05, 0) is 35.8 Å². The Morgan fingerprint density at radius 2 is 1.17 bits per heavy atom. The van der Waals surface area contributed by atoms with Crippen LogP contribution in [0.25, 0.3) is 0 Å². The molecule has 0 aliphatic carbocycles. The summed E-state index contributed by atoms with van der Waals surface area (Å²) in [7, 11) is 0. The Labute approximate surface area is 452 Å². The second-order valence-electron chi connectivity index (χ2n) is 19.3. The number of imidazole rings is 1. The maximum absolute atomic E-state index is 13.6. The summed E-state index contributed by atoms with van der Waals surface area (Å²) in [6.45, 7) is 10.8. The van der Waals surface area contributed by atoms with Crippen molar-refractivity contribution in [3.8, 4) is 0 Å². The van der Waals surface area contributed by atoms with Crippen LogP contribution in [-0.2, 0) is 78.4 Å². The first-order valence-corrected chi connectivity index (χ1v) is 25.7. The van der Waals surface area contributed by atoms with Crippen LogP contribution in [0.1, 0.15) is 90.5 Å². The van der Waals surface area contributed by atoms with Gasteiger partial charge in [-0.2, -0.15) is 0 Å². The van der Waals surface area contributed by atoms with Crippen molar-refractivity contribution in [1.29, 1.82) is 0 Å². The van der Waals surface area contributed by atoms with Gasteiger partial charge < -0.3 is 58.4 Å². The molecule has 3 aromatic rings. The molecule has 24 heteroatoms. The molecule has 1 aliphatic heterocycles. The van der Waals surface area contributed by atoms with Crippen LogP contribution in [0, 0.1) is 17.8 Å². The van der Waals surface area contributed by atoms with E-state index in [4.69, 9.17) is 38.9 Å². The number of hydrogen-bond acceptors (Lipinski definition) is 16. The van der Waals surface area contributed by atoms with Gasteiger partial charge in [-0.3, -0.25) is 14.4 Å². The Hall–Kier alpha value is -6.56. The summed E-state index contributed by atoms with van der Waals surface area (Å²) >= 11 is 4.93. The molecule has 23 nitrogen and oxygen atoms in total. The number of carboxylic acids is 2. The number of aromatic nitrogens is 2. The normalized spacial score (nSPS) is 15.7. The zero-order valence-electron chi connectivity index (χ0n) is 44.1. The maximum atomic E-state index is 13.6. The average Bonchev–Trinajstić information content (AvgIpc) is 4.09. The molecule has 8 atom stereocenters. The Bertz CT molecular complexity index is 2230. The van der Waals surface area contributed by atoms with E-state index in [0.717, 1.165) is 11.1 Å². The van der Waals surface area contributed by atoms with Gasteiger partial charge >= 0.3 is 174 Å². The Balaban J connectivity index is 0.000000435. The first-order chi connectivity index (χ1) is 35.9. The van der Waals surface area contributed by atoms with E-state index >= 15 is 0 Å². The summed E-state index contributed by atoms with van der Waals surface area (Å²) in [5.74, 6) is -6.23. The van der Waals surface area contributed by atoms with Crippen molar-refractivity contribution in [3.05, 3.63) is 90.0 Å². The predicted octanol–water partition coefficient (Wildman–Crippen LogP) is -2.89. The van der Waals surface area contributed by atoms with Crippen LogP contribution in [0.2, 0.25) is 0 Å². The number of aliphatic carboxylic acids is 2. The van der Waals surface area contributed by atoms with Gasteiger partial charge in [0, 0.05) is 6.20 Å². The molecule has 422 valence electrons.